The van der Waals surface area contributed by atoms with Gasteiger partial charge in [0.1, 0.15) is 5.82 Å². The summed E-state index contributed by atoms with van der Waals surface area (Å²) < 4.78 is 0. The molecule has 25 heavy (non-hydrogen) atoms. The van der Waals surface area contributed by atoms with Gasteiger partial charge in [-0.05, 0) is 37.0 Å². The Morgan fingerprint density at radius 1 is 1.16 bits per heavy atom. The molecule has 0 unspecified atom stereocenters. The van der Waals surface area contributed by atoms with Gasteiger partial charge in [0.15, 0.2) is 5.82 Å². The minimum Gasteiger partial charge on any atom is -0.354 e. The van der Waals surface area contributed by atoms with Crippen LogP contribution in [0.3, 0.4) is 0 Å². The zero-order chi connectivity index (χ0) is 17.1. The summed E-state index contributed by atoms with van der Waals surface area (Å²) in [4.78, 5) is 8.73. The van der Waals surface area contributed by atoms with Crippen molar-refractivity contribution in [2.75, 3.05) is 17.2 Å². The molecular formula is C18H19ClN6. The number of benzene rings is 1. The van der Waals surface area contributed by atoms with Crippen LogP contribution >= 0.6 is 11.6 Å². The number of H-pyrrole nitrogens is 1. The van der Waals surface area contributed by atoms with Crippen LogP contribution in [0, 0.1) is 0 Å². The zero-order valence-corrected chi connectivity index (χ0v) is 14.4. The van der Waals surface area contributed by atoms with Crippen LogP contribution in [-0.4, -0.2) is 26.7 Å². The minimum atomic E-state index is 0.579. The van der Waals surface area contributed by atoms with Crippen molar-refractivity contribution >= 4 is 29.2 Å². The third-order valence-electron chi connectivity index (χ3n) is 4.16. The monoisotopic (exact) mass is 354 g/mol. The Hall–Kier alpha value is -2.60. The van der Waals surface area contributed by atoms with Crippen LogP contribution in [0.5, 0.6) is 0 Å². The maximum absolute atomic E-state index is 6.17. The van der Waals surface area contributed by atoms with E-state index >= 15 is 0 Å². The molecular weight excluding hydrogens is 336 g/mol. The van der Waals surface area contributed by atoms with Crippen molar-refractivity contribution < 1.29 is 0 Å². The molecule has 128 valence electrons. The molecule has 0 atom stereocenters. The van der Waals surface area contributed by atoms with E-state index in [1.54, 1.807) is 6.20 Å². The number of nitrogens with one attached hydrogen (secondary N) is 3. The molecule has 1 aliphatic rings. The predicted octanol–water partition coefficient (Wildman–Crippen LogP) is 4.13. The van der Waals surface area contributed by atoms with Crippen molar-refractivity contribution in [1.82, 2.24) is 20.2 Å². The molecule has 1 fully saturated rings. The summed E-state index contributed by atoms with van der Waals surface area (Å²) in [5.41, 5.74) is 2.30. The molecule has 0 radical (unpaired) electrons. The van der Waals surface area contributed by atoms with Crippen LogP contribution in [-0.2, 0) is 6.42 Å². The van der Waals surface area contributed by atoms with E-state index in [-0.39, 0.29) is 0 Å². The van der Waals surface area contributed by atoms with Gasteiger partial charge in [-0.2, -0.15) is 10.1 Å². The average molecular weight is 355 g/mol. The molecule has 7 heteroatoms. The normalized spacial score (nSPS) is 13.6. The van der Waals surface area contributed by atoms with E-state index in [1.165, 1.54) is 18.5 Å². The Bertz CT molecular complexity index is 858. The largest absolute Gasteiger partial charge is 0.354 e. The summed E-state index contributed by atoms with van der Waals surface area (Å²) in [7, 11) is 0. The molecule has 3 N–H and O–H groups in total. The summed E-state index contributed by atoms with van der Waals surface area (Å²) >= 11 is 6.17. The van der Waals surface area contributed by atoms with E-state index in [0.29, 0.717) is 24.2 Å². The van der Waals surface area contributed by atoms with Crippen LogP contribution in [0.25, 0.3) is 0 Å². The third-order valence-corrected chi connectivity index (χ3v) is 4.53. The van der Waals surface area contributed by atoms with Crippen LogP contribution in [0.4, 0.5) is 17.6 Å². The van der Waals surface area contributed by atoms with Crippen LogP contribution in [0.1, 0.15) is 30.0 Å². The van der Waals surface area contributed by atoms with Crippen LogP contribution in [0.2, 0.25) is 5.02 Å². The highest BCUT2D eigenvalue weighted by atomic mass is 35.5. The minimum absolute atomic E-state index is 0.579. The maximum atomic E-state index is 6.17. The lowest BCUT2D eigenvalue weighted by molar-refractivity contribution is 0.965. The lowest BCUT2D eigenvalue weighted by Crippen LogP contribution is -2.09. The van der Waals surface area contributed by atoms with Gasteiger partial charge in [0.05, 0.1) is 0 Å². The van der Waals surface area contributed by atoms with Gasteiger partial charge >= 0.3 is 0 Å². The fourth-order valence-corrected chi connectivity index (χ4v) is 2.89. The number of aromatic amines is 1. The first kappa shape index (κ1) is 15.9. The van der Waals surface area contributed by atoms with E-state index < -0.39 is 0 Å². The molecule has 2 aromatic heterocycles. The molecule has 2 heterocycles. The van der Waals surface area contributed by atoms with Gasteiger partial charge in [-0.25, -0.2) is 4.98 Å². The molecule has 4 rings (SSSR count). The summed E-state index contributed by atoms with van der Waals surface area (Å²) in [5.74, 6) is 2.72. The van der Waals surface area contributed by atoms with Crippen LogP contribution < -0.4 is 10.6 Å². The standard InChI is InChI=1S/C18H19ClN6/c19-14-4-2-1-3-12(14)7-9-20-18-21-10-8-16(23-18)22-17-11-15(24-25-17)13-5-6-13/h1-4,8,10-11,13H,5-7,9H2,(H3,20,21,22,23,24,25). The first-order valence-corrected chi connectivity index (χ1v) is 8.78. The molecule has 0 bridgehead atoms. The topological polar surface area (TPSA) is 78.5 Å². The van der Waals surface area contributed by atoms with Crippen molar-refractivity contribution in [2.45, 2.75) is 25.2 Å². The number of rotatable bonds is 7. The maximum Gasteiger partial charge on any atom is 0.224 e. The highest BCUT2D eigenvalue weighted by molar-refractivity contribution is 6.31. The van der Waals surface area contributed by atoms with Gasteiger partial charge in [-0.15, -0.1) is 0 Å². The fraction of sp³-hybridized carbons (Fsp3) is 0.278. The average Bonchev–Trinajstić information content (AvgIpc) is 3.37. The number of hydrogen-bond donors (Lipinski definition) is 3. The first-order valence-electron chi connectivity index (χ1n) is 8.40. The van der Waals surface area contributed by atoms with Crippen molar-refractivity contribution in [3.8, 4) is 0 Å². The number of aromatic nitrogens is 4. The lowest BCUT2D eigenvalue weighted by atomic mass is 10.1. The summed E-state index contributed by atoms with van der Waals surface area (Å²) in [6.07, 6.45) is 5.02. The molecule has 1 saturated carbocycles. The summed E-state index contributed by atoms with van der Waals surface area (Å²) in [6, 6.07) is 11.7. The number of hydrogen-bond acceptors (Lipinski definition) is 5. The Labute approximate surface area is 151 Å². The number of halogens is 1. The van der Waals surface area contributed by atoms with E-state index in [9.17, 15) is 0 Å². The van der Waals surface area contributed by atoms with Gasteiger partial charge in [-0.3, -0.25) is 5.10 Å². The van der Waals surface area contributed by atoms with E-state index in [1.807, 2.05) is 36.4 Å². The highest BCUT2D eigenvalue weighted by Crippen LogP contribution is 2.39. The third kappa shape index (κ3) is 4.09. The Kier molecular flexibility index (Phi) is 4.52. The fourth-order valence-electron chi connectivity index (χ4n) is 2.66. The Morgan fingerprint density at radius 3 is 2.88 bits per heavy atom. The van der Waals surface area contributed by atoms with E-state index in [2.05, 4.69) is 30.8 Å². The van der Waals surface area contributed by atoms with Crippen molar-refractivity contribution in [3.05, 3.63) is 58.9 Å². The summed E-state index contributed by atoms with van der Waals surface area (Å²) in [6.45, 7) is 0.710. The molecule has 3 aromatic rings. The molecule has 1 aliphatic carbocycles. The molecule has 0 amide bonds. The van der Waals surface area contributed by atoms with Gasteiger partial charge in [0, 0.05) is 35.4 Å². The second-order valence-corrected chi connectivity index (χ2v) is 6.55. The Morgan fingerprint density at radius 2 is 2.04 bits per heavy atom. The first-order chi connectivity index (χ1) is 12.3. The molecule has 6 nitrogen and oxygen atoms in total. The van der Waals surface area contributed by atoms with Gasteiger partial charge in [0.2, 0.25) is 5.95 Å². The zero-order valence-electron chi connectivity index (χ0n) is 13.7. The smallest absolute Gasteiger partial charge is 0.224 e. The van der Waals surface area contributed by atoms with Gasteiger partial charge in [-0.1, -0.05) is 29.8 Å². The highest BCUT2D eigenvalue weighted by Gasteiger charge is 2.25. The molecule has 1 aromatic carbocycles. The Balaban J connectivity index is 1.35. The number of anilines is 3. The second kappa shape index (κ2) is 7.11. The van der Waals surface area contributed by atoms with E-state index in [0.717, 1.165) is 22.8 Å². The molecule has 0 aliphatic heterocycles. The quantitative estimate of drug-likeness (QED) is 0.594. The van der Waals surface area contributed by atoms with Gasteiger partial charge < -0.3 is 10.6 Å². The van der Waals surface area contributed by atoms with Crippen molar-refractivity contribution in [3.63, 3.8) is 0 Å². The van der Waals surface area contributed by atoms with Gasteiger partial charge in [0.25, 0.3) is 0 Å². The predicted molar refractivity (Wildman–Crippen MR) is 99.5 cm³/mol. The van der Waals surface area contributed by atoms with Crippen molar-refractivity contribution in [2.24, 2.45) is 0 Å². The summed E-state index contributed by atoms with van der Waals surface area (Å²) in [5, 5.41) is 14.6. The van der Waals surface area contributed by atoms with Crippen LogP contribution in [0.15, 0.2) is 42.6 Å². The van der Waals surface area contributed by atoms with E-state index in [4.69, 9.17) is 11.6 Å². The van der Waals surface area contributed by atoms with Crippen molar-refractivity contribution in [1.29, 1.82) is 0 Å². The second-order valence-electron chi connectivity index (χ2n) is 6.14. The SMILES string of the molecule is Clc1ccccc1CCNc1nccc(Nc2cc(C3CC3)[nH]n2)n1. The number of nitrogens with zero attached hydrogens (tertiary/aromatic N) is 3. The molecule has 0 spiro atoms. The molecule has 0 saturated heterocycles. The lowest BCUT2D eigenvalue weighted by Gasteiger charge is -2.08.